The van der Waals surface area contributed by atoms with Gasteiger partial charge in [-0.2, -0.15) is 0 Å². The number of nitrogens with zero attached hydrogens (tertiary/aromatic N) is 3. The molecule has 0 atom stereocenters. The van der Waals surface area contributed by atoms with Gasteiger partial charge in [0.15, 0.2) is 0 Å². The van der Waals surface area contributed by atoms with Crippen LogP contribution >= 0.6 is 11.3 Å². The van der Waals surface area contributed by atoms with Crippen molar-refractivity contribution in [2.45, 2.75) is 19.8 Å². The zero-order valence-corrected chi connectivity index (χ0v) is 12.1. The molecule has 1 aliphatic heterocycles. The molecule has 1 amide bonds. The van der Waals surface area contributed by atoms with Crippen LogP contribution in [0.3, 0.4) is 0 Å². The number of aromatic nitrogens is 2. The van der Waals surface area contributed by atoms with Gasteiger partial charge in [0.1, 0.15) is 0 Å². The van der Waals surface area contributed by atoms with Gasteiger partial charge in [-0.15, -0.1) is 10.2 Å². The molecule has 0 aliphatic carbocycles. The van der Waals surface area contributed by atoms with Crippen LogP contribution in [0.15, 0.2) is 24.3 Å². The summed E-state index contributed by atoms with van der Waals surface area (Å²) in [5.74, 6) is -0.0583. The van der Waals surface area contributed by atoms with E-state index in [1.807, 2.05) is 18.2 Å². The van der Waals surface area contributed by atoms with Crippen molar-refractivity contribution in [2.75, 3.05) is 23.3 Å². The lowest BCUT2D eigenvalue weighted by atomic mass is 10.2. The summed E-state index contributed by atoms with van der Waals surface area (Å²) in [6, 6.07) is 8.01. The minimum atomic E-state index is -0.0583. The highest BCUT2D eigenvalue weighted by molar-refractivity contribution is 7.17. The second-order valence-corrected chi connectivity index (χ2v) is 5.65. The summed E-state index contributed by atoms with van der Waals surface area (Å²) in [6.07, 6.45) is 1.92. The average Bonchev–Trinajstić information content (AvgIpc) is 3.11. The van der Waals surface area contributed by atoms with Crippen LogP contribution in [-0.2, 0) is 6.42 Å². The van der Waals surface area contributed by atoms with Crippen molar-refractivity contribution in [1.29, 1.82) is 0 Å². The minimum Gasteiger partial charge on any atom is -0.360 e. The number of fused-ring (bicyclic) bond motifs is 1. The normalized spacial score (nSPS) is 13.3. The first-order chi connectivity index (χ1) is 9.79. The summed E-state index contributed by atoms with van der Waals surface area (Å²) in [5.41, 5.74) is 2.21. The Balaban J connectivity index is 1.78. The molecule has 2 aromatic rings. The van der Waals surface area contributed by atoms with E-state index in [1.165, 1.54) is 16.9 Å². The molecule has 1 aliphatic rings. The van der Waals surface area contributed by atoms with Crippen molar-refractivity contribution in [3.8, 4) is 0 Å². The Morgan fingerprint density at radius 3 is 3.10 bits per heavy atom. The predicted molar refractivity (Wildman–Crippen MR) is 80.5 cm³/mol. The third-order valence-corrected chi connectivity index (χ3v) is 4.14. The Morgan fingerprint density at radius 1 is 1.40 bits per heavy atom. The van der Waals surface area contributed by atoms with E-state index in [1.54, 1.807) is 4.90 Å². The van der Waals surface area contributed by atoms with Crippen LogP contribution in [0, 0.1) is 0 Å². The quantitative estimate of drug-likeness (QED) is 0.939. The maximum absolute atomic E-state index is 12.5. The van der Waals surface area contributed by atoms with E-state index in [0.29, 0.717) is 10.1 Å². The molecule has 0 fully saturated rings. The minimum absolute atomic E-state index is 0.0583. The zero-order chi connectivity index (χ0) is 13.9. The van der Waals surface area contributed by atoms with E-state index in [9.17, 15) is 4.79 Å². The zero-order valence-electron chi connectivity index (χ0n) is 11.3. The first kappa shape index (κ1) is 13.1. The van der Waals surface area contributed by atoms with E-state index < -0.39 is 0 Å². The fourth-order valence-electron chi connectivity index (χ4n) is 2.28. The molecule has 104 valence electrons. The van der Waals surface area contributed by atoms with Crippen molar-refractivity contribution in [3.63, 3.8) is 0 Å². The molecule has 0 unspecified atom stereocenters. The molecule has 0 saturated heterocycles. The predicted octanol–water partition coefficient (Wildman–Crippen LogP) is 2.56. The molecule has 0 saturated carbocycles. The molecular formula is C14H16N4OS. The average molecular weight is 288 g/mol. The van der Waals surface area contributed by atoms with Crippen LogP contribution in [0.1, 0.15) is 28.7 Å². The van der Waals surface area contributed by atoms with Crippen LogP contribution in [0.2, 0.25) is 0 Å². The maximum Gasteiger partial charge on any atom is 0.289 e. The van der Waals surface area contributed by atoms with Gasteiger partial charge in [0.05, 0.1) is 0 Å². The van der Waals surface area contributed by atoms with Crippen molar-refractivity contribution in [3.05, 3.63) is 34.8 Å². The SMILES string of the molecule is CCCNc1nnc(C(=O)N2CCc3ccccc32)s1. The maximum atomic E-state index is 12.5. The van der Waals surface area contributed by atoms with Crippen molar-refractivity contribution >= 4 is 28.1 Å². The van der Waals surface area contributed by atoms with E-state index in [-0.39, 0.29) is 5.91 Å². The van der Waals surface area contributed by atoms with Crippen LogP contribution in [0.25, 0.3) is 0 Å². The largest absolute Gasteiger partial charge is 0.360 e. The second kappa shape index (κ2) is 5.58. The molecule has 0 radical (unpaired) electrons. The van der Waals surface area contributed by atoms with Crippen LogP contribution < -0.4 is 10.2 Å². The first-order valence-electron chi connectivity index (χ1n) is 6.76. The van der Waals surface area contributed by atoms with Gasteiger partial charge in [-0.3, -0.25) is 4.79 Å². The van der Waals surface area contributed by atoms with Crippen LogP contribution in [0.4, 0.5) is 10.8 Å². The number of para-hydroxylation sites is 1. The Kier molecular flexibility index (Phi) is 3.64. The first-order valence-corrected chi connectivity index (χ1v) is 7.58. The molecule has 20 heavy (non-hydrogen) atoms. The van der Waals surface area contributed by atoms with Crippen molar-refractivity contribution in [2.24, 2.45) is 0 Å². The molecular weight excluding hydrogens is 272 g/mol. The lowest BCUT2D eigenvalue weighted by Crippen LogP contribution is -2.28. The van der Waals surface area contributed by atoms with E-state index in [4.69, 9.17) is 0 Å². The Bertz CT molecular complexity index is 625. The molecule has 1 aromatic carbocycles. The standard InChI is InChI=1S/C14H16N4OS/c1-2-8-15-14-17-16-12(20-14)13(19)18-9-7-10-5-3-4-6-11(10)18/h3-6H,2,7-9H2,1H3,(H,15,17). The van der Waals surface area contributed by atoms with Gasteiger partial charge in [-0.25, -0.2) is 0 Å². The highest BCUT2D eigenvalue weighted by atomic mass is 32.1. The number of nitrogens with one attached hydrogen (secondary N) is 1. The molecule has 0 spiro atoms. The molecule has 5 nitrogen and oxygen atoms in total. The Labute approximate surface area is 121 Å². The second-order valence-electron chi connectivity index (χ2n) is 4.67. The summed E-state index contributed by atoms with van der Waals surface area (Å²) in [4.78, 5) is 14.3. The number of carbonyl (C=O) groups excluding carboxylic acids is 1. The van der Waals surface area contributed by atoms with Gasteiger partial charge in [0, 0.05) is 18.8 Å². The van der Waals surface area contributed by atoms with Crippen LogP contribution in [-0.4, -0.2) is 29.2 Å². The number of amides is 1. The molecule has 1 aromatic heterocycles. The third kappa shape index (κ3) is 2.38. The number of benzene rings is 1. The lowest BCUT2D eigenvalue weighted by Gasteiger charge is -2.14. The summed E-state index contributed by atoms with van der Waals surface area (Å²) >= 11 is 1.32. The number of carbonyl (C=O) groups is 1. The van der Waals surface area contributed by atoms with E-state index >= 15 is 0 Å². The lowest BCUT2D eigenvalue weighted by molar-refractivity contribution is 0.0988. The fraction of sp³-hybridized carbons (Fsp3) is 0.357. The van der Waals surface area contributed by atoms with E-state index in [0.717, 1.165) is 31.6 Å². The molecule has 6 heteroatoms. The van der Waals surface area contributed by atoms with Gasteiger partial charge in [-0.1, -0.05) is 36.5 Å². The summed E-state index contributed by atoms with van der Waals surface area (Å²) in [5, 5.41) is 12.3. The number of hydrogen-bond donors (Lipinski definition) is 1. The Morgan fingerprint density at radius 2 is 2.25 bits per heavy atom. The van der Waals surface area contributed by atoms with Crippen molar-refractivity contribution in [1.82, 2.24) is 10.2 Å². The summed E-state index contributed by atoms with van der Waals surface area (Å²) in [7, 11) is 0. The smallest absolute Gasteiger partial charge is 0.289 e. The highest BCUT2D eigenvalue weighted by Gasteiger charge is 2.27. The van der Waals surface area contributed by atoms with Gasteiger partial charge >= 0.3 is 0 Å². The third-order valence-electron chi connectivity index (χ3n) is 3.27. The highest BCUT2D eigenvalue weighted by Crippen LogP contribution is 2.29. The summed E-state index contributed by atoms with van der Waals surface area (Å²) < 4.78 is 0. The van der Waals surface area contributed by atoms with Gasteiger partial charge < -0.3 is 10.2 Å². The fourth-order valence-corrected chi connectivity index (χ4v) is 3.00. The molecule has 1 N–H and O–H groups in total. The molecule has 0 bridgehead atoms. The van der Waals surface area contributed by atoms with E-state index in [2.05, 4.69) is 28.5 Å². The monoisotopic (exact) mass is 288 g/mol. The van der Waals surface area contributed by atoms with Gasteiger partial charge in [-0.05, 0) is 24.5 Å². The molecule has 3 rings (SSSR count). The number of anilines is 2. The topological polar surface area (TPSA) is 58.1 Å². The summed E-state index contributed by atoms with van der Waals surface area (Å²) in [6.45, 7) is 3.64. The van der Waals surface area contributed by atoms with Gasteiger partial charge in [0.2, 0.25) is 10.1 Å². The number of hydrogen-bond acceptors (Lipinski definition) is 5. The van der Waals surface area contributed by atoms with Crippen LogP contribution in [0.5, 0.6) is 0 Å². The number of rotatable bonds is 4. The Hall–Kier alpha value is -1.95. The molecule has 2 heterocycles. The van der Waals surface area contributed by atoms with Crippen molar-refractivity contribution < 1.29 is 4.79 Å². The van der Waals surface area contributed by atoms with Gasteiger partial charge in [0.25, 0.3) is 5.91 Å².